The molecule has 3 amide bonds. The molecule has 38 heavy (non-hydrogen) atoms. The number of nitrogens with two attached hydrogens (primary N) is 1. The Bertz CT molecular complexity index is 1520. The number of carbonyl (C=O) groups excluding carboxylic acids is 2. The molecule has 4 N–H and O–H groups in total. The zero-order chi connectivity index (χ0) is 26.2. The molecule has 0 spiro atoms. The van der Waals surface area contributed by atoms with E-state index in [0.717, 1.165) is 33.7 Å². The van der Waals surface area contributed by atoms with Gasteiger partial charge in [0.2, 0.25) is 5.91 Å². The third kappa shape index (κ3) is 5.15. The Labute approximate surface area is 221 Å². The Hall–Kier alpha value is -4.09. The first-order valence-electron chi connectivity index (χ1n) is 12.4. The van der Waals surface area contributed by atoms with E-state index in [1.165, 1.54) is 23.5 Å². The van der Waals surface area contributed by atoms with E-state index in [2.05, 4.69) is 20.6 Å². The van der Waals surface area contributed by atoms with Crippen molar-refractivity contribution >= 4 is 39.2 Å². The van der Waals surface area contributed by atoms with Crippen LogP contribution in [-0.2, 0) is 11.3 Å². The molecule has 3 aromatic heterocycles. The number of benzene rings is 1. The molecule has 1 saturated carbocycles. The number of nitrogens with zero attached hydrogens (tertiary/aromatic N) is 3. The molecule has 4 aromatic rings. The van der Waals surface area contributed by atoms with Crippen molar-refractivity contribution in [2.45, 2.75) is 37.9 Å². The average molecular weight is 533 g/mol. The molecule has 9 nitrogen and oxygen atoms in total. The number of halogens is 1. The van der Waals surface area contributed by atoms with Crippen LogP contribution in [0.3, 0.4) is 0 Å². The van der Waals surface area contributed by atoms with Crippen LogP contribution in [0.5, 0.6) is 11.5 Å². The van der Waals surface area contributed by atoms with E-state index in [0.29, 0.717) is 36.5 Å². The molecule has 0 bridgehead atoms. The molecular weight excluding hydrogens is 507 g/mol. The van der Waals surface area contributed by atoms with E-state index in [1.807, 2.05) is 18.2 Å². The lowest BCUT2D eigenvalue weighted by molar-refractivity contribution is -0.129. The molecule has 2 fully saturated rings. The smallest absolute Gasteiger partial charge is 0.319 e. The third-order valence-corrected chi connectivity index (χ3v) is 7.65. The highest BCUT2D eigenvalue weighted by atomic mass is 32.1. The Kier molecular flexibility index (Phi) is 6.38. The highest BCUT2D eigenvalue weighted by molar-refractivity contribution is 7.22. The number of ether oxygens (including phenoxy) is 1. The topological polar surface area (TPSA) is 122 Å². The number of fused-ring (bicyclic) bond motifs is 1. The number of thiophene rings is 1. The van der Waals surface area contributed by atoms with Crippen molar-refractivity contribution in [3.63, 3.8) is 0 Å². The van der Waals surface area contributed by atoms with Gasteiger partial charge in [0.1, 0.15) is 5.75 Å². The van der Waals surface area contributed by atoms with Gasteiger partial charge in [-0.25, -0.2) is 9.18 Å². The van der Waals surface area contributed by atoms with E-state index < -0.39 is 11.9 Å². The summed E-state index contributed by atoms with van der Waals surface area (Å²) in [5, 5.41) is 5.44. The Balaban J connectivity index is 1.17. The summed E-state index contributed by atoms with van der Waals surface area (Å²) in [6.07, 6.45) is 5.98. The molecule has 1 atom stereocenters. The van der Waals surface area contributed by atoms with Gasteiger partial charge in [-0.05, 0) is 49.1 Å². The highest BCUT2D eigenvalue weighted by Crippen LogP contribution is 2.39. The van der Waals surface area contributed by atoms with E-state index in [9.17, 15) is 14.0 Å². The predicted molar refractivity (Wildman–Crippen MR) is 143 cm³/mol. The van der Waals surface area contributed by atoms with Crippen molar-refractivity contribution in [2.75, 3.05) is 11.9 Å². The van der Waals surface area contributed by atoms with Crippen LogP contribution in [0.15, 0.2) is 54.9 Å². The Morgan fingerprint density at radius 3 is 2.71 bits per heavy atom. The number of amides is 3. The van der Waals surface area contributed by atoms with Gasteiger partial charge in [-0.3, -0.25) is 14.8 Å². The summed E-state index contributed by atoms with van der Waals surface area (Å²) in [4.78, 5) is 35.7. The second-order valence-electron chi connectivity index (χ2n) is 9.46. The number of likely N-dealkylation sites (tertiary alicyclic amines) is 1. The maximum Gasteiger partial charge on any atom is 0.319 e. The van der Waals surface area contributed by atoms with E-state index in [1.54, 1.807) is 29.4 Å². The summed E-state index contributed by atoms with van der Waals surface area (Å²) in [6.45, 7) is 1.14. The minimum atomic E-state index is -0.592. The first-order chi connectivity index (χ1) is 18.4. The molecule has 0 radical (unpaired) electrons. The van der Waals surface area contributed by atoms with Crippen LogP contribution in [0.1, 0.15) is 24.8 Å². The minimum Gasteiger partial charge on any atom is -0.453 e. The van der Waals surface area contributed by atoms with Crippen LogP contribution in [0.2, 0.25) is 0 Å². The summed E-state index contributed by atoms with van der Waals surface area (Å²) >= 11 is 1.45. The number of carbonyl (C=O) groups is 2. The number of pyridine rings is 2. The van der Waals surface area contributed by atoms with Crippen molar-refractivity contribution in [1.29, 1.82) is 0 Å². The van der Waals surface area contributed by atoms with E-state index in [4.69, 9.17) is 10.5 Å². The number of nitrogens with one attached hydrogen (secondary N) is 2. The van der Waals surface area contributed by atoms with Crippen molar-refractivity contribution in [1.82, 2.24) is 20.2 Å². The monoisotopic (exact) mass is 532 g/mol. The SMILES string of the molecule is N[C@@H]1CCN(Cc2ccc(-c3cc4nccc(Oc5ccc(NC(=O)NC6CC6)cc5F)c4s3)nc2)C1=O. The van der Waals surface area contributed by atoms with Gasteiger partial charge in [-0.15, -0.1) is 11.3 Å². The Morgan fingerprint density at radius 2 is 2.00 bits per heavy atom. The fraction of sp³-hybridized carbons (Fsp3) is 0.259. The van der Waals surface area contributed by atoms with E-state index in [-0.39, 0.29) is 23.7 Å². The quantitative estimate of drug-likeness (QED) is 0.319. The summed E-state index contributed by atoms with van der Waals surface area (Å²) in [5.74, 6) is -0.110. The zero-order valence-electron chi connectivity index (χ0n) is 20.3. The molecule has 2 aliphatic rings. The number of rotatable bonds is 7. The van der Waals surface area contributed by atoms with Crippen LogP contribution < -0.4 is 21.1 Å². The number of aromatic nitrogens is 2. The lowest BCUT2D eigenvalue weighted by Gasteiger charge is -2.15. The van der Waals surface area contributed by atoms with Crippen LogP contribution in [0.25, 0.3) is 20.8 Å². The second kappa shape index (κ2) is 9.99. The average Bonchev–Trinajstić information content (AvgIpc) is 3.51. The first kappa shape index (κ1) is 24.3. The van der Waals surface area contributed by atoms with Gasteiger partial charge >= 0.3 is 6.03 Å². The number of hydrogen-bond donors (Lipinski definition) is 3. The molecule has 1 saturated heterocycles. The molecule has 1 aliphatic carbocycles. The standard InChI is InChI=1S/C27H25FN6O3S/c28-18-11-17(33-27(36)32-16-2-3-16)4-6-22(18)37-23-7-9-30-21-12-24(38-25(21)23)20-5-1-15(13-31-20)14-34-10-8-19(29)26(34)35/h1,4-7,9,11-13,16,19H,2-3,8,10,14,29H2,(H2,32,33,36)/t19-/m1/s1. The molecular formula is C27H25FN6O3S. The van der Waals surface area contributed by atoms with Crippen molar-refractivity contribution in [3.8, 4) is 22.1 Å². The molecule has 4 heterocycles. The summed E-state index contributed by atoms with van der Waals surface area (Å²) in [7, 11) is 0. The minimum absolute atomic E-state index is 0.0291. The second-order valence-corrected chi connectivity index (χ2v) is 10.5. The molecule has 0 unspecified atom stereocenters. The van der Waals surface area contributed by atoms with Crippen molar-refractivity contribution < 1.29 is 18.7 Å². The summed E-state index contributed by atoms with van der Waals surface area (Å²) in [6, 6.07) is 11.2. The molecule has 6 rings (SSSR count). The van der Waals surface area contributed by atoms with Crippen molar-refractivity contribution in [2.24, 2.45) is 5.73 Å². The zero-order valence-corrected chi connectivity index (χ0v) is 21.1. The number of anilines is 1. The van der Waals surface area contributed by atoms with Gasteiger partial charge in [0.15, 0.2) is 11.6 Å². The largest absolute Gasteiger partial charge is 0.453 e. The fourth-order valence-electron chi connectivity index (χ4n) is 4.29. The fourth-order valence-corrected chi connectivity index (χ4v) is 5.33. The van der Waals surface area contributed by atoms with Crippen LogP contribution in [0, 0.1) is 5.82 Å². The van der Waals surface area contributed by atoms with Crippen LogP contribution in [0.4, 0.5) is 14.9 Å². The van der Waals surface area contributed by atoms with Gasteiger partial charge in [0.05, 0.1) is 26.8 Å². The normalized spacial score (nSPS) is 17.2. The lowest BCUT2D eigenvalue weighted by atomic mass is 10.2. The molecule has 1 aliphatic heterocycles. The summed E-state index contributed by atoms with van der Waals surface area (Å²) < 4.78 is 21.5. The van der Waals surface area contributed by atoms with Crippen molar-refractivity contribution in [3.05, 3.63) is 66.2 Å². The lowest BCUT2D eigenvalue weighted by Crippen LogP contribution is -2.33. The van der Waals surface area contributed by atoms with Crippen LogP contribution >= 0.6 is 11.3 Å². The number of hydrogen-bond acceptors (Lipinski definition) is 7. The van der Waals surface area contributed by atoms with Gasteiger partial charge < -0.3 is 26.0 Å². The molecule has 11 heteroatoms. The van der Waals surface area contributed by atoms with Gasteiger partial charge in [-0.2, -0.15) is 0 Å². The number of urea groups is 1. The van der Waals surface area contributed by atoms with E-state index >= 15 is 0 Å². The van der Waals surface area contributed by atoms with Gasteiger partial charge in [-0.1, -0.05) is 6.07 Å². The highest BCUT2D eigenvalue weighted by Gasteiger charge is 2.28. The maximum absolute atomic E-state index is 14.8. The van der Waals surface area contributed by atoms with Gasteiger partial charge in [0.25, 0.3) is 0 Å². The first-order valence-corrected chi connectivity index (χ1v) is 13.2. The Morgan fingerprint density at radius 1 is 1.13 bits per heavy atom. The van der Waals surface area contributed by atoms with Crippen LogP contribution in [-0.4, -0.2) is 45.4 Å². The predicted octanol–water partition coefficient (Wildman–Crippen LogP) is 4.63. The van der Waals surface area contributed by atoms with Gasteiger partial charge in [0, 0.05) is 49.3 Å². The molecule has 194 valence electrons. The third-order valence-electron chi connectivity index (χ3n) is 6.49. The maximum atomic E-state index is 14.8. The molecule has 1 aromatic carbocycles. The summed E-state index contributed by atoms with van der Waals surface area (Å²) in [5.41, 5.74) is 8.55.